The molecule has 21 heavy (non-hydrogen) atoms. The molecular formula is C13H20N2O5S. The van der Waals surface area contributed by atoms with Crippen molar-refractivity contribution in [2.24, 2.45) is 0 Å². The highest BCUT2D eigenvalue weighted by Gasteiger charge is 2.22. The minimum absolute atomic E-state index is 0.0816. The zero-order chi connectivity index (χ0) is 15.9. The number of methoxy groups -OCH3 is 2. The molecule has 118 valence electrons. The number of benzene rings is 1. The van der Waals surface area contributed by atoms with Crippen LogP contribution in [0.5, 0.6) is 0 Å². The number of carbonyl (C=O) groups excluding carboxylic acids is 1. The lowest BCUT2D eigenvalue weighted by atomic mass is 10.2. The first-order valence-corrected chi connectivity index (χ1v) is 7.87. The highest BCUT2D eigenvalue weighted by molar-refractivity contribution is 7.89. The van der Waals surface area contributed by atoms with Gasteiger partial charge in [-0.25, -0.2) is 17.9 Å². The van der Waals surface area contributed by atoms with E-state index >= 15 is 0 Å². The standard InChI is InChI=1S/C13H20N2O5S/c1-19-8-4-3-7-15-21(17,18)12-6-5-10(14)9-11(12)13(16)20-2/h5-6,9,15H,3-4,7-8,14H2,1-2H3. The lowest BCUT2D eigenvalue weighted by Crippen LogP contribution is -2.27. The summed E-state index contributed by atoms with van der Waals surface area (Å²) in [5.74, 6) is -0.748. The van der Waals surface area contributed by atoms with Crippen LogP contribution in [0.1, 0.15) is 23.2 Å². The molecule has 0 heterocycles. The second-order valence-corrected chi connectivity index (χ2v) is 6.08. The summed E-state index contributed by atoms with van der Waals surface area (Å²) in [6.45, 7) is 0.827. The molecule has 0 aromatic heterocycles. The van der Waals surface area contributed by atoms with Crippen molar-refractivity contribution in [3.05, 3.63) is 23.8 Å². The second kappa shape index (κ2) is 7.96. The van der Waals surface area contributed by atoms with Gasteiger partial charge in [0.1, 0.15) is 0 Å². The van der Waals surface area contributed by atoms with Crippen LogP contribution >= 0.6 is 0 Å². The molecule has 0 aliphatic rings. The van der Waals surface area contributed by atoms with Gasteiger partial charge in [0.15, 0.2) is 0 Å². The highest BCUT2D eigenvalue weighted by Crippen LogP contribution is 2.19. The molecule has 0 aliphatic heterocycles. The van der Waals surface area contributed by atoms with Crippen molar-refractivity contribution < 1.29 is 22.7 Å². The molecule has 0 radical (unpaired) electrons. The number of nitrogens with one attached hydrogen (secondary N) is 1. The predicted molar refractivity (Wildman–Crippen MR) is 78.5 cm³/mol. The zero-order valence-corrected chi connectivity index (χ0v) is 12.9. The number of rotatable bonds is 8. The summed E-state index contributed by atoms with van der Waals surface area (Å²) in [7, 11) is -1.03. The number of esters is 1. The molecule has 8 heteroatoms. The SMILES string of the molecule is COCCCCNS(=O)(=O)c1ccc(N)cc1C(=O)OC. The zero-order valence-electron chi connectivity index (χ0n) is 12.1. The summed E-state index contributed by atoms with van der Waals surface area (Å²) in [6.07, 6.45) is 1.38. The third-order valence-electron chi connectivity index (χ3n) is 2.77. The topological polar surface area (TPSA) is 108 Å². The van der Waals surface area contributed by atoms with E-state index in [1.165, 1.54) is 25.3 Å². The molecule has 3 N–H and O–H groups in total. The molecule has 0 spiro atoms. The molecule has 0 saturated carbocycles. The Kier molecular flexibility index (Phi) is 6.60. The number of hydrogen-bond acceptors (Lipinski definition) is 6. The van der Waals surface area contributed by atoms with E-state index in [2.05, 4.69) is 9.46 Å². The number of anilines is 1. The van der Waals surface area contributed by atoms with Crippen LogP contribution in [0, 0.1) is 0 Å². The van der Waals surface area contributed by atoms with Crippen LogP contribution in [0.4, 0.5) is 5.69 Å². The molecule has 0 amide bonds. The Morgan fingerprint density at radius 1 is 1.29 bits per heavy atom. The molecule has 0 atom stereocenters. The third-order valence-corrected chi connectivity index (χ3v) is 4.28. The average Bonchev–Trinajstić information content (AvgIpc) is 2.45. The second-order valence-electron chi connectivity index (χ2n) is 4.34. The van der Waals surface area contributed by atoms with E-state index < -0.39 is 16.0 Å². The first kappa shape index (κ1) is 17.4. The molecule has 1 rings (SSSR count). The number of unbranched alkanes of at least 4 members (excludes halogenated alkanes) is 1. The average molecular weight is 316 g/mol. The van der Waals surface area contributed by atoms with Crippen LogP contribution in [0.25, 0.3) is 0 Å². The first-order valence-electron chi connectivity index (χ1n) is 6.39. The molecule has 1 aromatic rings. The molecule has 0 fully saturated rings. The first-order chi connectivity index (χ1) is 9.92. The van der Waals surface area contributed by atoms with Crippen molar-refractivity contribution in [1.82, 2.24) is 4.72 Å². The fourth-order valence-corrected chi connectivity index (χ4v) is 2.95. The van der Waals surface area contributed by atoms with Crippen LogP contribution in [-0.4, -0.2) is 41.8 Å². The van der Waals surface area contributed by atoms with Gasteiger partial charge in [-0.3, -0.25) is 0 Å². The number of ether oxygens (including phenoxy) is 2. The van der Waals surface area contributed by atoms with Crippen LogP contribution in [0.3, 0.4) is 0 Å². The van der Waals surface area contributed by atoms with Gasteiger partial charge in [-0.1, -0.05) is 0 Å². The Hall–Kier alpha value is -1.64. The van der Waals surface area contributed by atoms with Crippen LogP contribution < -0.4 is 10.5 Å². The summed E-state index contributed by atoms with van der Waals surface area (Å²) in [6, 6.07) is 4.00. The Morgan fingerprint density at radius 3 is 2.62 bits per heavy atom. The Balaban J connectivity index is 2.90. The molecule has 7 nitrogen and oxygen atoms in total. The Morgan fingerprint density at radius 2 is 2.00 bits per heavy atom. The van der Waals surface area contributed by atoms with Gasteiger partial charge in [0.2, 0.25) is 10.0 Å². The number of nitrogens with two attached hydrogens (primary N) is 1. The largest absolute Gasteiger partial charge is 0.465 e. The van der Waals surface area contributed by atoms with Crippen molar-refractivity contribution in [3.8, 4) is 0 Å². The molecule has 0 aliphatic carbocycles. The van der Waals surface area contributed by atoms with Gasteiger partial charge in [-0.15, -0.1) is 0 Å². The number of sulfonamides is 1. The highest BCUT2D eigenvalue weighted by atomic mass is 32.2. The van der Waals surface area contributed by atoms with Gasteiger partial charge in [0.25, 0.3) is 0 Å². The van der Waals surface area contributed by atoms with E-state index in [4.69, 9.17) is 10.5 Å². The minimum atomic E-state index is -3.80. The van der Waals surface area contributed by atoms with Gasteiger partial charge >= 0.3 is 5.97 Å². The summed E-state index contributed by atoms with van der Waals surface area (Å²) < 4.78 is 36.4. The molecule has 1 aromatic carbocycles. The fourth-order valence-electron chi connectivity index (χ4n) is 1.71. The van der Waals surface area contributed by atoms with Gasteiger partial charge in [0, 0.05) is 25.9 Å². The van der Waals surface area contributed by atoms with Gasteiger partial charge in [0.05, 0.1) is 17.6 Å². The third kappa shape index (κ3) is 5.00. The maximum absolute atomic E-state index is 12.2. The Bertz CT molecular complexity index is 586. The van der Waals surface area contributed by atoms with Crippen molar-refractivity contribution in [2.45, 2.75) is 17.7 Å². The normalized spacial score (nSPS) is 11.3. The maximum atomic E-state index is 12.2. The number of carbonyl (C=O) groups is 1. The molecular weight excluding hydrogens is 296 g/mol. The Labute approximate surface area is 124 Å². The van der Waals surface area contributed by atoms with Crippen molar-refractivity contribution in [3.63, 3.8) is 0 Å². The number of nitrogen functional groups attached to an aromatic ring is 1. The van der Waals surface area contributed by atoms with E-state index in [1.807, 2.05) is 0 Å². The van der Waals surface area contributed by atoms with Crippen molar-refractivity contribution in [1.29, 1.82) is 0 Å². The van der Waals surface area contributed by atoms with E-state index in [0.717, 1.165) is 6.42 Å². The van der Waals surface area contributed by atoms with Crippen LogP contribution in [0.2, 0.25) is 0 Å². The van der Waals surface area contributed by atoms with Gasteiger partial charge < -0.3 is 15.2 Å². The van der Waals surface area contributed by atoms with E-state index in [0.29, 0.717) is 13.0 Å². The predicted octanol–water partition coefficient (Wildman–Crippen LogP) is 0.760. The molecule has 0 bridgehead atoms. The summed E-state index contributed by atoms with van der Waals surface area (Å²) >= 11 is 0. The lowest BCUT2D eigenvalue weighted by Gasteiger charge is -2.11. The van der Waals surface area contributed by atoms with E-state index in [9.17, 15) is 13.2 Å². The maximum Gasteiger partial charge on any atom is 0.339 e. The van der Waals surface area contributed by atoms with E-state index in [1.54, 1.807) is 7.11 Å². The number of hydrogen-bond donors (Lipinski definition) is 2. The fraction of sp³-hybridized carbons (Fsp3) is 0.462. The summed E-state index contributed by atoms with van der Waals surface area (Å²) in [5, 5.41) is 0. The van der Waals surface area contributed by atoms with Crippen molar-refractivity contribution >= 4 is 21.7 Å². The van der Waals surface area contributed by atoms with Gasteiger partial charge in [-0.2, -0.15) is 0 Å². The molecule has 0 saturated heterocycles. The quantitative estimate of drug-likeness (QED) is 0.416. The van der Waals surface area contributed by atoms with Crippen LogP contribution in [0.15, 0.2) is 23.1 Å². The lowest BCUT2D eigenvalue weighted by molar-refractivity contribution is 0.0596. The molecule has 0 unspecified atom stereocenters. The monoisotopic (exact) mass is 316 g/mol. The van der Waals surface area contributed by atoms with Crippen molar-refractivity contribution in [2.75, 3.05) is 33.1 Å². The van der Waals surface area contributed by atoms with Crippen LogP contribution in [-0.2, 0) is 19.5 Å². The summed E-state index contributed by atoms with van der Waals surface area (Å²) in [5.41, 5.74) is 5.79. The van der Waals surface area contributed by atoms with E-state index in [-0.39, 0.29) is 22.7 Å². The minimum Gasteiger partial charge on any atom is -0.465 e. The van der Waals surface area contributed by atoms with Gasteiger partial charge in [-0.05, 0) is 31.0 Å². The summed E-state index contributed by atoms with van der Waals surface area (Å²) in [4.78, 5) is 11.5. The smallest absolute Gasteiger partial charge is 0.339 e.